The van der Waals surface area contributed by atoms with Crippen LogP contribution in [0.4, 0.5) is 5.69 Å². The largest absolute Gasteiger partial charge is 0.456 e. The molecular formula is C70H103N16O6+. The highest BCUT2D eigenvalue weighted by Crippen LogP contribution is 2.45. The number of aryl methyl sites for hydroxylation is 1. The predicted molar refractivity (Wildman–Crippen MR) is 357 cm³/mol. The fraction of sp³-hybridized carbons (Fsp3) is 0.614. The number of carbonyl (C=O) groups excluding carboxylic acids is 2. The van der Waals surface area contributed by atoms with Crippen molar-refractivity contribution >= 4 is 28.5 Å². The average molecular weight is 1260 g/mol. The summed E-state index contributed by atoms with van der Waals surface area (Å²) < 4.78 is 21.4. The van der Waals surface area contributed by atoms with Crippen molar-refractivity contribution in [3.8, 4) is 22.5 Å². The maximum Gasteiger partial charge on any atom is 0.254 e. The topological polar surface area (TPSA) is 212 Å². The molecule has 0 atom stereocenters. The number of hydrogen-bond acceptors (Lipinski definition) is 16. The Bertz CT molecular complexity index is 3620. The van der Waals surface area contributed by atoms with Crippen LogP contribution in [0.15, 0.2) is 83.7 Å². The minimum Gasteiger partial charge on any atom is -0.456 e. The third kappa shape index (κ3) is 14.7. The first kappa shape index (κ1) is 67.9. The molecule has 498 valence electrons. The quantitative estimate of drug-likeness (QED) is 0.0450. The van der Waals surface area contributed by atoms with Crippen LogP contribution in [-0.4, -0.2) is 179 Å². The number of ether oxygens (including phenoxy) is 1. The molecule has 0 bridgehead atoms. The Kier molecular flexibility index (Phi) is 19.8. The summed E-state index contributed by atoms with van der Waals surface area (Å²) in [4.78, 5) is 37.5. The number of nitrogens with zero attached hydrogens (tertiary/aromatic N) is 16. The van der Waals surface area contributed by atoms with Crippen molar-refractivity contribution in [3.63, 3.8) is 0 Å². The van der Waals surface area contributed by atoms with E-state index in [9.17, 15) is 20.0 Å². The zero-order valence-electron chi connectivity index (χ0n) is 57.8. The van der Waals surface area contributed by atoms with Gasteiger partial charge in [0.15, 0.2) is 0 Å². The van der Waals surface area contributed by atoms with Crippen molar-refractivity contribution in [1.82, 2.24) is 74.4 Å². The minimum absolute atomic E-state index is 0.0526. The summed E-state index contributed by atoms with van der Waals surface area (Å²) in [5.41, 5.74) is 4.66. The Morgan fingerprint density at radius 2 is 1.18 bits per heavy atom. The molecule has 10 rings (SSSR count). The highest BCUT2D eigenvalue weighted by atomic mass is 16.5. The highest BCUT2D eigenvalue weighted by Gasteiger charge is 2.48. The molecule has 2 N–H and O–H groups in total. The number of anilines is 1. The lowest BCUT2D eigenvalue weighted by atomic mass is 9.79. The number of amides is 2. The van der Waals surface area contributed by atoms with Gasteiger partial charge in [-0.3, -0.25) is 19.2 Å². The fourth-order valence-electron chi connectivity index (χ4n) is 14.8. The Balaban J connectivity index is 0.756. The average Bonchev–Trinajstić information content (AvgIpc) is 0.826. The van der Waals surface area contributed by atoms with E-state index in [0.717, 1.165) is 113 Å². The van der Waals surface area contributed by atoms with E-state index in [-0.39, 0.29) is 23.9 Å². The van der Waals surface area contributed by atoms with Crippen LogP contribution in [0.1, 0.15) is 189 Å². The second kappa shape index (κ2) is 26.8. The molecule has 3 aromatic heterocycles. The molecule has 92 heavy (non-hydrogen) atoms. The van der Waals surface area contributed by atoms with Gasteiger partial charge in [-0.1, -0.05) is 47.7 Å². The van der Waals surface area contributed by atoms with E-state index in [2.05, 4.69) is 185 Å². The second-order valence-corrected chi connectivity index (χ2v) is 29.8. The molecule has 7 heterocycles. The molecular weight excluding hydrogens is 1160 g/mol. The van der Waals surface area contributed by atoms with Gasteiger partial charge >= 0.3 is 0 Å². The standard InChI is InChI=1S/C70H103N16O6/c1-17-78(18-2)52-25-27-58-60(37-52)92-61-38-53(79(19-3)20-4)26-28-59(61)62(58)56-23-21-22-24-57(56)63(87)80-32-34-81(35-33-80)64(88)65(5,6)30-36-91-70(15,16)29-31-82-46-49(71-74-82)43-77(44-50-47-83(75-72-50)54-39-66(7,8)85(89)67(9,10)40-54)45-51-48-84(76-73-51)55-41-68(11,12)86(90)69(13,14)42-55/h21-28,37-38,46-48,54-55,89-90H,17-20,29-36,39-45H2,1-16H3/q+1. The van der Waals surface area contributed by atoms with Crippen molar-refractivity contribution in [3.05, 3.63) is 107 Å². The zero-order chi connectivity index (χ0) is 66.3. The van der Waals surface area contributed by atoms with Crippen LogP contribution in [0.3, 0.4) is 0 Å². The molecule has 1 aliphatic carbocycles. The number of fused-ring (bicyclic) bond motifs is 2. The van der Waals surface area contributed by atoms with Crippen LogP contribution >= 0.6 is 0 Å². The lowest BCUT2D eigenvalue weighted by Gasteiger charge is -2.51. The van der Waals surface area contributed by atoms with Crippen molar-refractivity contribution in [2.45, 2.75) is 215 Å². The third-order valence-corrected chi connectivity index (χ3v) is 19.8. The number of aromatic nitrogens is 9. The van der Waals surface area contributed by atoms with Crippen LogP contribution in [0, 0.1) is 5.41 Å². The van der Waals surface area contributed by atoms with Crippen LogP contribution in [0.25, 0.3) is 33.4 Å². The summed E-state index contributed by atoms with van der Waals surface area (Å²) in [6, 6.07) is 20.9. The van der Waals surface area contributed by atoms with Crippen LogP contribution in [-0.2, 0) is 35.7 Å². The summed E-state index contributed by atoms with van der Waals surface area (Å²) in [5.74, 6) is 0.763. The van der Waals surface area contributed by atoms with E-state index < -0.39 is 33.2 Å². The van der Waals surface area contributed by atoms with Gasteiger partial charge in [0.2, 0.25) is 11.3 Å². The molecule has 0 radical (unpaired) electrons. The normalized spacial score (nSPS) is 18.4. The second-order valence-electron chi connectivity index (χ2n) is 29.8. The van der Waals surface area contributed by atoms with Gasteiger partial charge in [-0.25, -0.2) is 13.9 Å². The molecule has 0 spiro atoms. The summed E-state index contributed by atoms with van der Waals surface area (Å²) in [6.07, 6.45) is 10.1. The number of piperidine rings is 2. The maximum absolute atomic E-state index is 14.8. The van der Waals surface area contributed by atoms with Gasteiger partial charge in [0.05, 0.1) is 53.2 Å². The third-order valence-electron chi connectivity index (χ3n) is 19.8. The molecule has 2 amide bonds. The SMILES string of the molecule is CCN(CC)c1ccc2c(-c3ccccc3C(=O)N3CCN(C(=O)C(C)(C)CCOC(C)(C)CCn4cc(CN(Cc5cn(C6CC(C)(C)N(O)C(C)(C)C6)nn5)Cc5cn(C6CC(C)(C)N(O)C(C)(C)C6)nn5)nn4)CC3)c3ccc(=[N+](CC)CC)cc-3oc2c1. The monoisotopic (exact) mass is 1260 g/mol. The fourth-order valence-corrected chi connectivity index (χ4v) is 14.8. The van der Waals surface area contributed by atoms with Gasteiger partial charge in [-0.2, -0.15) is 10.1 Å². The molecule has 22 heteroatoms. The number of carbonyl (C=O) groups is 2. The van der Waals surface area contributed by atoms with E-state index >= 15 is 0 Å². The van der Waals surface area contributed by atoms with E-state index in [0.29, 0.717) is 77.4 Å². The van der Waals surface area contributed by atoms with E-state index in [1.807, 2.05) is 74.5 Å². The van der Waals surface area contributed by atoms with Crippen molar-refractivity contribution in [1.29, 1.82) is 0 Å². The highest BCUT2D eigenvalue weighted by molar-refractivity contribution is 6.09. The first-order valence-electron chi connectivity index (χ1n) is 33.5. The predicted octanol–water partition coefficient (Wildman–Crippen LogP) is 10.6. The Morgan fingerprint density at radius 3 is 1.74 bits per heavy atom. The molecule has 3 saturated heterocycles. The lowest BCUT2D eigenvalue weighted by Crippen LogP contribution is -2.59. The van der Waals surface area contributed by atoms with Crippen molar-refractivity contribution < 1.29 is 29.2 Å². The maximum atomic E-state index is 14.8. The van der Waals surface area contributed by atoms with Gasteiger partial charge in [0.1, 0.15) is 24.4 Å². The minimum atomic E-state index is -0.697. The zero-order valence-corrected chi connectivity index (χ0v) is 57.8. The lowest BCUT2D eigenvalue weighted by molar-refractivity contribution is -0.249. The van der Waals surface area contributed by atoms with E-state index in [4.69, 9.17) is 9.15 Å². The smallest absolute Gasteiger partial charge is 0.254 e. The molecule has 4 aliphatic heterocycles. The van der Waals surface area contributed by atoms with Crippen molar-refractivity contribution in [2.75, 3.05) is 63.9 Å². The molecule has 0 saturated carbocycles. The van der Waals surface area contributed by atoms with Crippen LogP contribution in [0.2, 0.25) is 0 Å². The van der Waals surface area contributed by atoms with Gasteiger partial charge in [0, 0.05) is 146 Å². The number of benzene rings is 3. The number of hydrogen-bond donors (Lipinski definition) is 2. The van der Waals surface area contributed by atoms with Crippen molar-refractivity contribution in [2.24, 2.45) is 5.41 Å². The number of piperazine rings is 1. The molecule has 22 nitrogen and oxygen atoms in total. The van der Waals surface area contributed by atoms with Crippen LogP contribution in [0.5, 0.6) is 0 Å². The van der Waals surface area contributed by atoms with E-state index in [1.54, 1.807) is 0 Å². The summed E-state index contributed by atoms with van der Waals surface area (Å²) in [7, 11) is 0. The first-order chi connectivity index (χ1) is 43.4. The summed E-state index contributed by atoms with van der Waals surface area (Å²) in [6.45, 7) is 40.8. The molecule has 5 aliphatic rings. The summed E-state index contributed by atoms with van der Waals surface area (Å²) >= 11 is 0. The molecule has 3 fully saturated rings. The van der Waals surface area contributed by atoms with Gasteiger partial charge in [-0.15, -0.1) is 15.3 Å². The van der Waals surface area contributed by atoms with Crippen LogP contribution < -0.4 is 14.8 Å². The Labute approximate surface area is 544 Å². The molecule has 0 unspecified atom stereocenters. The Hall–Kier alpha value is -6.95. The summed E-state index contributed by atoms with van der Waals surface area (Å²) in [5, 5.41) is 54.9. The number of hydroxylamine groups is 4. The van der Waals surface area contributed by atoms with Gasteiger partial charge in [-0.05, 0) is 165 Å². The molecule has 2 aromatic carbocycles. The van der Waals surface area contributed by atoms with Gasteiger partial charge in [0.25, 0.3) is 5.91 Å². The van der Waals surface area contributed by atoms with Gasteiger partial charge < -0.3 is 34.3 Å². The van der Waals surface area contributed by atoms with E-state index in [1.165, 1.54) is 10.1 Å². The molecule has 5 aromatic rings. The number of rotatable bonds is 23. The first-order valence-corrected chi connectivity index (χ1v) is 33.5. The Morgan fingerprint density at radius 1 is 0.652 bits per heavy atom.